The highest BCUT2D eigenvalue weighted by Gasteiger charge is 2.16. The van der Waals surface area contributed by atoms with Gasteiger partial charge in [0, 0.05) is 38.9 Å². The van der Waals surface area contributed by atoms with Crippen molar-refractivity contribution in [2.24, 2.45) is 5.92 Å². The molecule has 1 saturated heterocycles. The van der Waals surface area contributed by atoms with E-state index < -0.39 is 0 Å². The number of hydrogen-bond donors (Lipinski definition) is 1. The third-order valence-electron chi connectivity index (χ3n) is 3.35. The Kier molecular flexibility index (Phi) is 4.96. The Hall–Kier alpha value is -1.36. The second-order valence-corrected chi connectivity index (χ2v) is 5.50. The molecule has 1 aliphatic heterocycles. The average molecular weight is 264 g/mol. The van der Waals surface area contributed by atoms with Gasteiger partial charge < -0.3 is 15.0 Å². The largest absolute Gasteiger partial charge is 0.381 e. The highest BCUT2D eigenvalue weighted by molar-refractivity contribution is 5.48. The van der Waals surface area contributed by atoms with E-state index in [9.17, 15) is 0 Å². The topological polar surface area (TPSA) is 50.3 Å². The zero-order valence-corrected chi connectivity index (χ0v) is 12.1. The zero-order chi connectivity index (χ0) is 13.7. The first-order chi connectivity index (χ1) is 9.15. The van der Waals surface area contributed by atoms with Gasteiger partial charge in [-0.3, -0.25) is 0 Å². The van der Waals surface area contributed by atoms with E-state index in [1.54, 1.807) is 6.33 Å². The summed E-state index contributed by atoms with van der Waals surface area (Å²) in [4.78, 5) is 10.8. The molecule has 1 N–H and O–H groups in total. The highest BCUT2D eigenvalue weighted by atomic mass is 16.5. The number of nitrogens with one attached hydrogen (secondary N) is 1. The zero-order valence-electron chi connectivity index (χ0n) is 12.1. The van der Waals surface area contributed by atoms with E-state index in [0.29, 0.717) is 12.0 Å². The van der Waals surface area contributed by atoms with Gasteiger partial charge >= 0.3 is 0 Å². The van der Waals surface area contributed by atoms with Gasteiger partial charge in [-0.15, -0.1) is 0 Å². The van der Waals surface area contributed by atoms with Crippen molar-refractivity contribution in [1.82, 2.24) is 9.97 Å². The monoisotopic (exact) mass is 264 g/mol. The SMILES string of the molecule is CC(C)Nc1cc(N(C)CC2CCOCC2)ncn1. The van der Waals surface area contributed by atoms with Gasteiger partial charge in [0.05, 0.1) is 0 Å². The van der Waals surface area contributed by atoms with E-state index in [0.717, 1.165) is 44.2 Å². The van der Waals surface area contributed by atoms with Crippen molar-refractivity contribution in [3.05, 3.63) is 12.4 Å². The van der Waals surface area contributed by atoms with Crippen LogP contribution in [0.5, 0.6) is 0 Å². The summed E-state index contributed by atoms with van der Waals surface area (Å²) in [5, 5.41) is 3.31. The molecule has 0 aliphatic carbocycles. The lowest BCUT2D eigenvalue weighted by atomic mass is 10.00. The number of rotatable bonds is 5. The van der Waals surface area contributed by atoms with Crippen molar-refractivity contribution in [2.45, 2.75) is 32.7 Å². The van der Waals surface area contributed by atoms with Gasteiger partial charge in [0.15, 0.2) is 0 Å². The van der Waals surface area contributed by atoms with Crippen molar-refractivity contribution < 1.29 is 4.74 Å². The molecule has 1 aliphatic rings. The number of nitrogens with zero attached hydrogens (tertiary/aromatic N) is 3. The maximum Gasteiger partial charge on any atom is 0.133 e. The summed E-state index contributed by atoms with van der Waals surface area (Å²) >= 11 is 0. The van der Waals surface area contributed by atoms with Gasteiger partial charge in [-0.2, -0.15) is 0 Å². The van der Waals surface area contributed by atoms with Crippen molar-refractivity contribution in [2.75, 3.05) is 37.0 Å². The molecule has 0 radical (unpaired) electrons. The van der Waals surface area contributed by atoms with Crippen LogP contribution in [0.1, 0.15) is 26.7 Å². The summed E-state index contributed by atoms with van der Waals surface area (Å²) < 4.78 is 5.40. The van der Waals surface area contributed by atoms with Gasteiger partial charge in [0.1, 0.15) is 18.0 Å². The maximum atomic E-state index is 5.40. The van der Waals surface area contributed by atoms with Crippen LogP contribution in [-0.2, 0) is 4.74 Å². The molecule has 1 fully saturated rings. The molecule has 106 valence electrons. The van der Waals surface area contributed by atoms with Gasteiger partial charge in [-0.05, 0) is 32.6 Å². The minimum absolute atomic E-state index is 0.378. The van der Waals surface area contributed by atoms with Crippen LogP contribution in [0.3, 0.4) is 0 Å². The quantitative estimate of drug-likeness (QED) is 0.883. The molecule has 1 aromatic heterocycles. The van der Waals surface area contributed by atoms with Crippen molar-refractivity contribution in [3.8, 4) is 0 Å². The Balaban J connectivity index is 1.95. The molecule has 0 aromatic carbocycles. The standard InChI is InChI=1S/C14H24N4O/c1-11(2)17-13-8-14(16-10-15-13)18(3)9-12-4-6-19-7-5-12/h8,10-12H,4-7,9H2,1-3H3,(H,15,16,17). The number of ether oxygens (including phenoxy) is 1. The van der Waals surface area contributed by atoms with E-state index in [-0.39, 0.29) is 0 Å². The summed E-state index contributed by atoms with van der Waals surface area (Å²) in [5.41, 5.74) is 0. The van der Waals surface area contributed by atoms with Crippen LogP contribution in [0.15, 0.2) is 12.4 Å². The first-order valence-corrected chi connectivity index (χ1v) is 7.02. The van der Waals surface area contributed by atoms with E-state index in [1.165, 1.54) is 0 Å². The lowest BCUT2D eigenvalue weighted by molar-refractivity contribution is 0.0685. The Morgan fingerprint density at radius 1 is 1.37 bits per heavy atom. The van der Waals surface area contributed by atoms with Gasteiger partial charge in [0.2, 0.25) is 0 Å². The lowest BCUT2D eigenvalue weighted by Crippen LogP contribution is -2.30. The van der Waals surface area contributed by atoms with Gasteiger partial charge in [-0.25, -0.2) is 9.97 Å². The Bertz CT molecular complexity index is 391. The molecule has 0 amide bonds. The molecule has 0 unspecified atom stereocenters. The molecule has 0 saturated carbocycles. The van der Waals surface area contributed by atoms with Crippen molar-refractivity contribution in [1.29, 1.82) is 0 Å². The Morgan fingerprint density at radius 2 is 2.11 bits per heavy atom. The molecule has 1 aromatic rings. The van der Waals surface area contributed by atoms with Crippen molar-refractivity contribution in [3.63, 3.8) is 0 Å². The summed E-state index contributed by atoms with van der Waals surface area (Å²) in [5.74, 6) is 2.57. The average Bonchev–Trinajstić information content (AvgIpc) is 2.39. The van der Waals surface area contributed by atoms with E-state index in [4.69, 9.17) is 4.74 Å². The molecule has 2 heterocycles. The lowest BCUT2D eigenvalue weighted by Gasteiger charge is -2.27. The molecule has 19 heavy (non-hydrogen) atoms. The second-order valence-electron chi connectivity index (χ2n) is 5.50. The molecule has 0 atom stereocenters. The molecular formula is C14H24N4O. The normalized spacial score (nSPS) is 16.6. The molecule has 5 heteroatoms. The molecule has 0 bridgehead atoms. The predicted molar refractivity (Wildman–Crippen MR) is 77.6 cm³/mol. The van der Waals surface area contributed by atoms with Crippen LogP contribution >= 0.6 is 0 Å². The summed E-state index contributed by atoms with van der Waals surface area (Å²) in [6.45, 7) is 7.02. The number of anilines is 2. The Morgan fingerprint density at radius 3 is 2.79 bits per heavy atom. The summed E-state index contributed by atoms with van der Waals surface area (Å²) in [7, 11) is 2.09. The summed E-state index contributed by atoms with van der Waals surface area (Å²) in [6.07, 6.45) is 3.92. The number of aromatic nitrogens is 2. The van der Waals surface area contributed by atoms with Crippen molar-refractivity contribution >= 4 is 11.6 Å². The van der Waals surface area contributed by atoms with Crippen LogP contribution in [0.4, 0.5) is 11.6 Å². The van der Waals surface area contributed by atoms with Crippen LogP contribution in [0.2, 0.25) is 0 Å². The van der Waals surface area contributed by atoms with E-state index >= 15 is 0 Å². The van der Waals surface area contributed by atoms with E-state index in [1.807, 2.05) is 6.07 Å². The smallest absolute Gasteiger partial charge is 0.133 e. The third kappa shape index (κ3) is 4.35. The minimum atomic E-state index is 0.378. The predicted octanol–water partition coefficient (Wildman–Crippen LogP) is 2.16. The maximum absolute atomic E-state index is 5.40. The first-order valence-electron chi connectivity index (χ1n) is 7.02. The van der Waals surface area contributed by atoms with Crippen LogP contribution in [0.25, 0.3) is 0 Å². The minimum Gasteiger partial charge on any atom is -0.381 e. The Labute approximate surface area is 115 Å². The van der Waals surface area contributed by atoms with Gasteiger partial charge in [-0.1, -0.05) is 0 Å². The highest BCUT2D eigenvalue weighted by Crippen LogP contribution is 2.19. The third-order valence-corrected chi connectivity index (χ3v) is 3.35. The van der Waals surface area contributed by atoms with Crippen LogP contribution < -0.4 is 10.2 Å². The molecular weight excluding hydrogens is 240 g/mol. The van der Waals surface area contributed by atoms with E-state index in [2.05, 4.69) is 41.1 Å². The summed E-state index contributed by atoms with van der Waals surface area (Å²) in [6, 6.07) is 2.39. The van der Waals surface area contributed by atoms with Crippen LogP contribution in [-0.4, -0.2) is 42.8 Å². The fourth-order valence-corrected chi connectivity index (χ4v) is 2.34. The fraction of sp³-hybridized carbons (Fsp3) is 0.714. The fourth-order valence-electron chi connectivity index (χ4n) is 2.34. The molecule has 2 rings (SSSR count). The second kappa shape index (κ2) is 6.70. The number of hydrogen-bond acceptors (Lipinski definition) is 5. The molecule has 0 spiro atoms. The van der Waals surface area contributed by atoms with Gasteiger partial charge in [0.25, 0.3) is 0 Å². The molecule has 5 nitrogen and oxygen atoms in total. The first kappa shape index (κ1) is 14.1. The van der Waals surface area contributed by atoms with Crippen LogP contribution in [0, 0.1) is 5.92 Å².